The van der Waals surface area contributed by atoms with Gasteiger partial charge in [-0.1, -0.05) is 13.8 Å². The second-order valence-corrected chi connectivity index (χ2v) is 4.67. The summed E-state index contributed by atoms with van der Waals surface area (Å²) in [5.41, 5.74) is 1.20. The monoisotopic (exact) mass is 249 g/mol. The van der Waals surface area contributed by atoms with Crippen molar-refractivity contribution in [3.63, 3.8) is 0 Å². The van der Waals surface area contributed by atoms with Crippen molar-refractivity contribution in [2.24, 2.45) is 0 Å². The van der Waals surface area contributed by atoms with E-state index in [2.05, 4.69) is 29.5 Å². The average Bonchev–Trinajstić information content (AvgIpc) is 2.36. The Morgan fingerprint density at radius 1 is 1.28 bits per heavy atom. The lowest BCUT2D eigenvalue weighted by molar-refractivity contribution is -0.121. The number of nitrogens with zero attached hydrogens (tertiary/aromatic N) is 1. The van der Waals surface area contributed by atoms with E-state index in [0.29, 0.717) is 19.0 Å². The molecule has 0 bridgehead atoms. The number of hydrogen-bond donors (Lipinski definition) is 2. The van der Waals surface area contributed by atoms with Gasteiger partial charge in [-0.15, -0.1) is 0 Å². The summed E-state index contributed by atoms with van der Waals surface area (Å²) in [5, 5.41) is 6.23. The number of amides is 1. The van der Waals surface area contributed by atoms with Crippen LogP contribution in [-0.2, 0) is 11.2 Å². The third kappa shape index (κ3) is 7.01. The lowest BCUT2D eigenvalue weighted by Gasteiger charge is -2.08. The van der Waals surface area contributed by atoms with Crippen LogP contribution in [0.4, 0.5) is 0 Å². The highest BCUT2D eigenvalue weighted by molar-refractivity contribution is 5.75. The normalized spacial score (nSPS) is 10.6. The van der Waals surface area contributed by atoms with Gasteiger partial charge >= 0.3 is 0 Å². The molecule has 1 rings (SSSR count). The van der Waals surface area contributed by atoms with Crippen LogP contribution >= 0.6 is 0 Å². The fourth-order valence-corrected chi connectivity index (χ4v) is 1.62. The molecule has 0 unspecified atom stereocenters. The van der Waals surface area contributed by atoms with Crippen molar-refractivity contribution in [3.05, 3.63) is 30.1 Å². The van der Waals surface area contributed by atoms with Crippen LogP contribution in [0.5, 0.6) is 0 Å². The van der Waals surface area contributed by atoms with Crippen LogP contribution in [0.25, 0.3) is 0 Å². The molecule has 2 N–H and O–H groups in total. The van der Waals surface area contributed by atoms with Crippen LogP contribution in [0, 0.1) is 0 Å². The Morgan fingerprint density at radius 3 is 2.67 bits per heavy atom. The van der Waals surface area contributed by atoms with Crippen molar-refractivity contribution in [1.29, 1.82) is 0 Å². The lowest BCUT2D eigenvalue weighted by Crippen LogP contribution is -2.28. The van der Waals surface area contributed by atoms with E-state index >= 15 is 0 Å². The van der Waals surface area contributed by atoms with Gasteiger partial charge in [0.15, 0.2) is 0 Å². The fraction of sp³-hybridized carbons (Fsp3) is 0.571. The SMILES string of the molecule is CC(C)NCCCC(=O)NCCc1ccncc1. The first-order valence-electron chi connectivity index (χ1n) is 6.57. The van der Waals surface area contributed by atoms with E-state index in [1.807, 2.05) is 12.1 Å². The van der Waals surface area contributed by atoms with Crippen LogP contribution in [0.1, 0.15) is 32.3 Å². The van der Waals surface area contributed by atoms with Gasteiger partial charge in [-0.3, -0.25) is 9.78 Å². The number of pyridine rings is 1. The van der Waals surface area contributed by atoms with Crippen molar-refractivity contribution in [2.75, 3.05) is 13.1 Å². The van der Waals surface area contributed by atoms with Crippen molar-refractivity contribution in [1.82, 2.24) is 15.6 Å². The second kappa shape index (κ2) is 8.64. The molecular formula is C14H23N3O. The highest BCUT2D eigenvalue weighted by atomic mass is 16.1. The van der Waals surface area contributed by atoms with Crippen molar-refractivity contribution in [2.45, 2.75) is 39.2 Å². The van der Waals surface area contributed by atoms with Gasteiger partial charge in [0.05, 0.1) is 0 Å². The first kappa shape index (κ1) is 14.6. The topological polar surface area (TPSA) is 54.0 Å². The molecule has 0 aliphatic carbocycles. The fourth-order valence-electron chi connectivity index (χ4n) is 1.62. The maximum atomic E-state index is 11.5. The Labute approximate surface area is 109 Å². The van der Waals surface area contributed by atoms with E-state index in [1.54, 1.807) is 12.4 Å². The molecule has 0 aliphatic heterocycles. The minimum atomic E-state index is 0.134. The molecule has 1 aromatic heterocycles. The number of carbonyl (C=O) groups is 1. The predicted octanol–water partition coefficient (Wildman–Crippen LogP) is 1.52. The second-order valence-electron chi connectivity index (χ2n) is 4.67. The molecule has 0 saturated heterocycles. The molecule has 0 aromatic carbocycles. The zero-order chi connectivity index (χ0) is 13.2. The predicted molar refractivity (Wildman–Crippen MR) is 73.3 cm³/mol. The van der Waals surface area contributed by atoms with E-state index in [9.17, 15) is 4.79 Å². The van der Waals surface area contributed by atoms with Crippen molar-refractivity contribution < 1.29 is 4.79 Å². The van der Waals surface area contributed by atoms with E-state index in [1.165, 1.54) is 5.56 Å². The Hall–Kier alpha value is -1.42. The van der Waals surface area contributed by atoms with E-state index in [4.69, 9.17) is 0 Å². The molecule has 4 nitrogen and oxygen atoms in total. The van der Waals surface area contributed by atoms with Crippen LogP contribution < -0.4 is 10.6 Å². The van der Waals surface area contributed by atoms with E-state index < -0.39 is 0 Å². The van der Waals surface area contributed by atoms with Gasteiger partial charge in [0, 0.05) is 31.4 Å². The zero-order valence-corrected chi connectivity index (χ0v) is 11.3. The Balaban J connectivity index is 2.03. The van der Waals surface area contributed by atoms with Crippen molar-refractivity contribution in [3.8, 4) is 0 Å². The number of nitrogens with one attached hydrogen (secondary N) is 2. The molecule has 4 heteroatoms. The van der Waals surface area contributed by atoms with Gasteiger partial charge in [-0.25, -0.2) is 0 Å². The van der Waals surface area contributed by atoms with Gasteiger partial charge < -0.3 is 10.6 Å². The Kier molecular flexibility index (Phi) is 7.03. The highest BCUT2D eigenvalue weighted by Crippen LogP contribution is 1.96. The average molecular weight is 249 g/mol. The lowest BCUT2D eigenvalue weighted by atomic mass is 10.2. The maximum Gasteiger partial charge on any atom is 0.220 e. The highest BCUT2D eigenvalue weighted by Gasteiger charge is 2.01. The maximum absolute atomic E-state index is 11.5. The smallest absolute Gasteiger partial charge is 0.220 e. The van der Waals surface area contributed by atoms with Gasteiger partial charge in [0.2, 0.25) is 5.91 Å². The quantitative estimate of drug-likeness (QED) is 0.687. The summed E-state index contributed by atoms with van der Waals surface area (Å²) < 4.78 is 0. The number of hydrogen-bond acceptors (Lipinski definition) is 3. The Bertz CT molecular complexity index is 338. The zero-order valence-electron chi connectivity index (χ0n) is 11.3. The molecule has 100 valence electrons. The first-order chi connectivity index (χ1) is 8.68. The van der Waals surface area contributed by atoms with E-state index in [0.717, 1.165) is 19.4 Å². The number of carbonyl (C=O) groups excluding carboxylic acids is 1. The van der Waals surface area contributed by atoms with Crippen LogP contribution in [-0.4, -0.2) is 30.0 Å². The summed E-state index contributed by atoms with van der Waals surface area (Å²) in [7, 11) is 0. The molecule has 0 spiro atoms. The first-order valence-corrected chi connectivity index (χ1v) is 6.57. The minimum absolute atomic E-state index is 0.134. The third-order valence-corrected chi connectivity index (χ3v) is 2.62. The van der Waals surface area contributed by atoms with Crippen LogP contribution in [0.15, 0.2) is 24.5 Å². The third-order valence-electron chi connectivity index (χ3n) is 2.62. The molecular weight excluding hydrogens is 226 g/mol. The molecule has 0 saturated carbocycles. The van der Waals surface area contributed by atoms with Crippen LogP contribution in [0.2, 0.25) is 0 Å². The van der Waals surface area contributed by atoms with Crippen LogP contribution in [0.3, 0.4) is 0 Å². The van der Waals surface area contributed by atoms with Gasteiger partial charge in [0.1, 0.15) is 0 Å². The largest absolute Gasteiger partial charge is 0.356 e. The molecule has 0 fully saturated rings. The summed E-state index contributed by atoms with van der Waals surface area (Å²) in [5.74, 6) is 0.134. The molecule has 0 aliphatic rings. The minimum Gasteiger partial charge on any atom is -0.356 e. The standard InChI is InChI=1S/C14H23N3O/c1-12(2)16-8-3-4-14(18)17-11-7-13-5-9-15-10-6-13/h5-6,9-10,12,16H,3-4,7-8,11H2,1-2H3,(H,17,18). The number of rotatable bonds is 8. The van der Waals surface area contributed by atoms with E-state index in [-0.39, 0.29) is 5.91 Å². The molecule has 1 aromatic rings. The van der Waals surface area contributed by atoms with Gasteiger partial charge in [-0.05, 0) is 37.1 Å². The summed E-state index contributed by atoms with van der Waals surface area (Å²) in [6, 6.07) is 4.43. The Morgan fingerprint density at radius 2 is 2.00 bits per heavy atom. The summed E-state index contributed by atoms with van der Waals surface area (Å²) in [4.78, 5) is 15.5. The molecule has 0 atom stereocenters. The number of aromatic nitrogens is 1. The summed E-state index contributed by atoms with van der Waals surface area (Å²) >= 11 is 0. The van der Waals surface area contributed by atoms with Gasteiger partial charge in [-0.2, -0.15) is 0 Å². The molecule has 18 heavy (non-hydrogen) atoms. The van der Waals surface area contributed by atoms with Crippen molar-refractivity contribution >= 4 is 5.91 Å². The molecule has 1 heterocycles. The summed E-state index contributed by atoms with van der Waals surface area (Å²) in [6.07, 6.45) is 5.89. The summed E-state index contributed by atoms with van der Waals surface area (Å²) in [6.45, 7) is 5.81. The van der Waals surface area contributed by atoms with Gasteiger partial charge in [0.25, 0.3) is 0 Å². The molecule has 1 amide bonds. The molecule has 0 radical (unpaired) electrons.